The third-order valence-corrected chi connectivity index (χ3v) is 5.50. The molecule has 10 heteroatoms. The summed E-state index contributed by atoms with van der Waals surface area (Å²) in [7, 11) is -3.35. The van der Waals surface area contributed by atoms with Crippen LogP contribution in [-0.2, 0) is 10.0 Å². The lowest BCUT2D eigenvalue weighted by molar-refractivity contribution is 0.102. The van der Waals surface area contributed by atoms with Crippen molar-refractivity contribution in [3.8, 4) is 5.69 Å². The van der Waals surface area contributed by atoms with Crippen molar-refractivity contribution in [1.29, 1.82) is 0 Å². The Labute approximate surface area is 167 Å². The summed E-state index contributed by atoms with van der Waals surface area (Å²) >= 11 is 6.00. The van der Waals surface area contributed by atoms with Crippen LogP contribution in [0.25, 0.3) is 5.69 Å². The zero-order chi connectivity index (χ0) is 20.3. The number of carbonyl (C=O) groups excluding carboxylic acids is 1. The number of nitrogens with zero attached hydrogens (tertiary/aromatic N) is 3. The molecule has 0 saturated carbocycles. The van der Waals surface area contributed by atoms with Crippen LogP contribution in [0, 0.1) is 6.92 Å². The number of anilines is 2. The van der Waals surface area contributed by atoms with E-state index in [1.165, 1.54) is 4.68 Å². The SMILES string of the molecule is CCS(=O)(=O)Nc1ccc(NC(=O)c2nnn(-c3cccc(Cl)c3)c2C)cc1. The van der Waals surface area contributed by atoms with Gasteiger partial charge in [-0.05, 0) is 56.3 Å². The van der Waals surface area contributed by atoms with E-state index < -0.39 is 15.9 Å². The molecular weight excluding hydrogens is 402 g/mol. The molecule has 0 unspecified atom stereocenters. The Kier molecular flexibility index (Phi) is 5.66. The monoisotopic (exact) mass is 419 g/mol. The number of hydrogen-bond donors (Lipinski definition) is 2. The molecule has 28 heavy (non-hydrogen) atoms. The number of aromatic nitrogens is 3. The van der Waals surface area contributed by atoms with E-state index in [2.05, 4.69) is 20.4 Å². The maximum Gasteiger partial charge on any atom is 0.278 e. The largest absolute Gasteiger partial charge is 0.321 e. The third kappa shape index (κ3) is 4.49. The molecule has 8 nitrogen and oxygen atoms in total. The zero-order valence-electron chi connectivity index (χ0n) is 15.2. The van der Waals surface area contributed by atoms with Gasteiger partial charge >= 0.3 is 0 Å². The normalized spacial score (nSPS) is 11.2. The van der Waals surface area contributed by atoms with Gasteiger partial charge in [-0.25, -0.2) is 13.1 Å². The molecule has 1 aromatic heterocycles. The molecule has 3 aromatic rings. The molecule has 0 atom stereocenters. The Bertz CT molecular complexity index is 1110. The Hall–Kier alpha value is -2.91. The number of hydrogen-bond acceptors (Lipinski definition) is 5. The summed E-state index contributed by atoms with van der Waals surface area (Å²) in [5, 5.41) is 11.3. The summed E-state index contributed by atoms with van der Waals surface area (Å²) < 4.78 is 27.1. The van der Waals surface area contributed by atoms with Crippen molar-refractivity contribution in [2.45, 2.75) is 13.8 Å². The molecule has 0 aliphatic rings. The van der Waals surface area contributed by atoms with Crippen molar-refractivity contribution >= 4 is 38.9 Å². The molecule has 146 valence electrons. The molecule has 1 heterocycles. The fraction of sp³-hybridized carbons (Fsp3) is 0.167. The molecule has 0 spiro atoms. The Morgan fingerprint density at radius 1 is 1.14 bits per heavy atom. The average Bonchev–Trinajstić information content (AvgIpc) is 3.05. The molecule has 0 radical (unpaired) electrons. The average molecular weight is 420 g/mol. The first-order chi connectivity index (χ1) is 13.3. The lowest BCUT2D eigenvalue weighted by Crippen LogP contribution is -2.15. The topological polar surface area (TPSA) is 106 Å². The summed E-state index contributed by atoms with van der Waals surface area (Å²) in [6, 6.07) is 13.4. The highest BCUT2D eigenvalue weighted by molar-refractivity contribution is 7.92. The van der Waals surface area contributed by atoms with Gasteiger partial charge in [-0.15, -0.1) is 5.10 Å². The summed E-state index contributed by atoms with van der Waals surface area (Å²) in [5.74, 6) is -0.444. The third-order valence-electron chi connectivity index (χ3n) is 3.96. The van der Waals surface area contributed by atoms with Crippen molar-refractivity contribution in [2.24, 2.45) is 0 Å². The van der Waals surface area contributed by atoms with Crippen molar-refractivity contribution < 1.29 is 13.2 Å². The molecule has 0 bridgehead atoms. The van der Waals surface area contributed by atoms with Gasteiger partial charge in [0.1, 0.15) is 0 Å². The fourth-order valence-electron chi connectivity index (χ4n) is 2.46. The number of nitrogens with one attached hydrogen (secondary N) is 2. The molecule has 2 N–H and O–H groups in total. The van der Waals surface area contributed by atoms with Gasteiger partial charge in [-0.1, -0.05) is 22.9 Å². The van der Waals surface area contributed by atoms with Crippen LogP contribution in [-0.4, -0.2) is 35.1 Å². The van der Waals surface area contributed by atoms with Gasteiger partial charge in [-0.2, -0.15) is 0 Å². The smallest absolute Gasteiger partial charge is 0.278 e. The predicted molar refractivity (Wildman–Crippen MR) is 109 cm³/mol. The second-order valence-electron chi connectivity index (χ2n) is 5.95. The van der Waals surface area contributed by atoms with Crippen molar-refractivity contribution in [1.82, 2.24) is 15.0 Å². The van der Waals surface area contributed by atoms with Crippen LogP contribution in [0.3, 0.4) is 0 Å². The highest BCUT2D eigenvalue weighted by atomic mass is 35.5. The van der Waals surface area contributed by atoms with E-state index in [1.807, 2.05) is 6.07 Å². The van der Waals surface area contributed by atoms with Crippen molar-refractivity contribution in [3.63, 3.8) is 0 Å². The summed E-state index contributed by atoms with van der Waals surface area (Å²) in [6.45, 7) is 3.29. The van der Waals surface area contributed by atoms with Gasteiger partial charge in [0.25, 0.3) is 5.91 Å². The van der Waals surface area contributed by atoms with Gasteiger partial charge in [0.2, 0.25) is 10.0 Å². The van der Waals surface area contributed by atoms with E-state index in [1.54, 1.807) is 56.3 Å². The van der Waals surface area contributed by atoms with Crippen molar-refractivity contribution in [3.05, 3.63) is 64.9 Å². The first-order valence-electron chi connectivity index (χ1n) is 8.39. The van der Waals surface area contributed by atoms with Gasteiger partial charge in [-0.3, -0.25) is 9.52 Å². The molecule has 0 fully saturated rings. The van der Waals surface area contributed by atoms with Crippen molar-refractivity contribution in [2.75, 3.05) is 15.8 Å². The van der Waals surface area contributed by atoms with E-state index in [-0.39, 0.29) is 11.4 Å². The number of amides is 1. The number of sulfonamides is 1. The van der Waals surface area contributed by atoms with Crippen LogP contribution < -0.4 is 10.0 Å². The standard InChI is InChI=1S/C18H18ClN5O3S/c1-3-28(26,27)22-15-9-7-14(8-10-15)20-18(25)17-12(2)24(23-21-17)16-6-4-5-13(19)11-16/h4-11,22H,3H2,1-2H3,(H,20,25). The van der Waals surface area contributed by atoms with Crippen LogP contribution >= 0.6 is 11.6 Å². The van der Waals surface area contributed by atoms with Crippen LogP contribution in [0.2, 0.25) is 5.02 Å². The molecule has 0 saturated heterocycles. The highest BCUT2D eigenvalue weighted by Crippen LogP contribution is 2.19. The zero-order valence-corrected chi connectivity index (χ0v) is 16.8. The molecule has 0 aliphatic heterocycles. The number of rotatable bonds is 6. The molecule has 3 rings (SSSR count). The van der Waals surface area contributed by atoms with E-state index in [0.717, 1.165) is 0 Å². The first kappa shape index (κ1) is 19.8. The van der Waals surface area contributed by atoms with Gasteiger partial charge in [0.15, 0.2) is 5.69 Å². The van der Waals surface area contributed by atoms with E-state index >= 15 is 0 Å². The Morgan fingerprint density at radius 3 is 2.46 bits per heavy atom. The minimum atomic E-state index is -3.35. The molecular formula is C18H18ClN5O3S. The number of carbonyl (C=O) groups is 1. The minimum Gasteiger partial charge on any atom is -0.321 e. The van der Waals surface area contributed by atoms with E-state index in [0.29, 0.717) is 27.8 Å². The summed E-state index contributed by atoms with van der Waals surface area (Å²) in [6.07, 6.45) is 0. The quantitative estimate of drug-likeness (QED) is 0.637. The second kappa shape index (κ2) is 7.99. The maximum atomic E-state index is 12.5. The van der Waals surface area contributed by atoms with E-state index in [9.17, 15) is 13.2 Å². The number of halogens is 1. The highest BCUT2D eigenvalue weighted by Gasteiger charge is 2.18. The second-order valence-corrected chi connectivity index (χ2v) is 8.40. The van der Waals surface area contributed by atoms with Gasteiger partial charge in [0.05, 0.1) is 17.1 Å². The maximum absolute atomic E-state index is 12.5. The molecule has 1 amide bonds. The predicted octanol–water partition coefficient (Wildman–Crippen LogP) is 3.24. The Morgan fingerprint density at radius 2 is 1.82 bits per heavy atom. The fourth-order valence-corrected chi connectivity index (χ4v) is 3.28. The number of benzene rings is 2. The van der Waals surface area contributed by atoms with Gasteiger partial charge in [0, 0.05) is 16.4 Å². The molecule has 2 aromatic carbocycles. The van der Waals surface area contributed by atoms with Crippen LogP contribution in [0.15, 0.2) is 48.5 Å². The minimum absolute atomic E-state index is 0.0208. The van der Waals surface area contributed by atoms with E-state index in [4.69, 9.17) is 11.6 Å². The lowest BCUT2D eigenvalue weighted by Gasteiger charge is -2.08. The summed E-state index contributed by atoms with van der Waals surface area (Å²) in [5.41, 5.74) is 2.36. The van der Waals surface area contributed by atoms with Crippen LogP contribution in [0.1, 0.15) is 23.1 Å². The summed E-state index contributed by atoms with van der Waals surface area (Å²) in [4.78, 5) is 12.5. The Balaban J connectivity index is 1.75. The van der Waals surface area contributed by atoms with Crippen LogP contribution in [0.4, 0.5) is 11.4 Å². The van der Waals surface area contributed by atoms with Crippen LogP contribution in [0.5, 0.6) is 0 Å². The lowest BCUT2D eigenvalue weighted by atomic mass is 10.2. The van der Waals surface area contributed by atoms with Gasteiger partial charge < -0.3 is 5.32 Å². The molecule has 0 aliphatic carbocycles. The first-order valence-corrected chi connectivity index (χ1v) is 10.4.